The van der Waals surface area contributed by atoms with E-state index in [2.05, 4.69) is 5.32 Å². The molecular weight excluding hydrogens is 322 g/mol. The van der Waals surface area contributed by atoms with Gasteiger partial charge in [-0.3, -0.25) is 4.79 Å². The number of aliphatic hydroxyl groups excluding tert-OH is 1. The standard InChI is InChI=1S/C19H19NO3S/c1-23-15-8-7-13-4-2-5-14(16(13)11-15)10-19(22)20-12-17(21)18-6-3-9-24-18/h2-9,11,17,21H,10,12H2,1H3,(H,20,22)/t17-/m0/s1. The number of fused-ring (bicyclic) bond motifs is 1. The van der Waals surface area contributed by atoms with E-state index in [1.165, 1.54) is 11.3 Å². The van der Waals surface area contributed by atoms with Crippen LogP contribution in [-0.2, 0) is 11.2 Å². The van der Waals surface area contributed by atoms with Crippen LogP contribution < -0.4 is 10.1 Å². The van der Waals surface area contributed by atoms with Crippen molar-refractivity contribution in [2.75, 3.05) is 13.7 Å². The fourth-order valence-corrected chi connectivity index (χ4v) is 3.34. The van der Waals surface area contributed by atoms with Gasteiger partial charge in [-0.25, -0.2) is 0 Å². The molecule has 1 heterocycles. The number of ether oxygens (including phenoxy) is 1. The molecule has 0 aliphatic carbocycles. The fourth-order valence-electron chi connectivity index (χ4n) is 2.63. The largest absolute Gasteiger partial charge is 0.497 e. The van der Waals surface area contributed by atoms with Crippen LogP contribution in [0.4, 0.5) is 0 Å². The Balaban J connectivity index is 1.69. The second-order valence-electron chi connectivity index (χ2n) is 5.52. The zero-order valence-electron chi connectivity index (χ0n) is 13.4. The summed E-state index contributed by atoms with van der Waals surface area (Å²) in [5.74, 6) is 0.657. The second-order valence-corrected chi connectivity index (χ2v) is 6.50. The summed E-state index contributed by atoms with van der Waals surface area (Å²) >= 11 is 1.48. The van der Waals surface area contributed by atoms with E-state index in [9.17, 15) is 9.90 Å². The fraction of sp³-hybridized carbons (Fsp3) is 0.211. The highest BCUT2D eigenvalue weighted by Crippen LogP contribution is 2.24. The Morgan fingerprint density at radius 3 is 2.88 bits per heavy atom. The van der Waals surface area contributed by atoms with E-state index in [-0.39, 0.29) is 18.9 Å². The smallest absolute Gasteiger partial charge is 0.224 e. The molecule has 0 radical (unpaired) electrons. The Hall–Kier alpha value is -2.37. The van der Waals surface area contributed by atoms with Crippen LogP contribution in [0, 0.1) is 0 Å². The SMILES string of the molecule is COc1ccc2cccc(CC(=O)NC[C@H](O)c3cccs3)c2c1. The Bertz CT molecular complexity index is 830. The summed E-state index contributed by atoms with van der Waals surface area (Å²) in [6, 6.07) is 15.5. The maximum absolute atomic E-state index is 12.2. The third-order valence-corrected chi connectivity index (χ3v) is 4.87. The van der Waals surface area contributed by atoms with E-state index >= 15 is 0 Å². The van der Waals surface area contributed by atoms with Gasteiger partial charge in [0.15, 0.2) is 0 Å². The molecule has 2 aromatic carbocycles. The highest BCUT2D eigenvalue weighted by Gasteiger charge is 2.12. The molecule has 1 atom stereocenters. The summed E-state index contributed by atoms with van der Waals surface area (Å²) in [6.07, 6.45) is -0.400. The molecule has 0 unspecified atom stereocenters. The lowest BCUT2D eigenvalue weighted by molar-refractivity contribution is -0.120. The Kier molecular flexibility index (Phi) is 5.13. The number of rotatable bonds is 6. The molecule has 24 heavy (non-hydrogen) atoms. The predicted octanol–water partition coefficient (Wildman–Crippen LogP) is 3.30. The van der Waals surface area contributed by atoms with Crippen LogP contribution in [-0.4, -0.2) is 24.7 Å². The van der Waals surface area contributed by atoms with Gasteiger partial charge >= 0.3 is 0 Å². The molecule has 0 saturated heterocycles. The van der Waals surface area contributed by atoms with Crippen molar-refractivity contribution in [3.05, 3.63) is 64.4 Å². The van der Waals surface area contributed by atoms with Gasteiger partial charge in [-0.15, -0.1) is 11.3 Å². The van der Waals surface area contributed by atoms with Gasteiger partial charge in [0.05, 0.1) is 13.5 Å². The summed E-state index contributed by atoms with van der Waals surface area (Å²) in [6.45, 7) is 0.216. The van der Waals surface area contributed by atoms with E-state index in [0.717, 1.165) is 27.0 Å². The average Bonchev–Trinajstić information content (AvgIpc) is 3.14. The van der Waals surface area contributed by atoms with Gasteiger partial charge < -0.3 is 15.2 Å². The monoisotopic (exact) mass is 341 g/mol. The van der Waals surface area contributed by atoms with Gasteiger partial charge in [-0.05, 0) is 39.9 Å². The van der Waals surface area contributed by atoms with Gasteiger partial charge in [0.2, 0.25) is 5.91 Å². The molecule has 124 valence electrons. The lowest BCUT2D eigenvalue weighted by atomic mass is 10.0. The quantitative estimate of drug-likeness (QED) is 0.723. The minimum Gasteiger partial charge on any atom is -0.497 e. The number of benzene rings is 2. The molecule has 1 aromatic heterocycles. The molecular formula is C19H19NO3S. The molecule has 0 bridgehead atoms. The zero-order chi connectivity index (χ0) is 16.9. The van der Waals surface area contributed by atoms with Crippen molar-refractivity contribution in [3.63, 3.8) is 0 Å². The summed E-state index contributed by atoms with van der Waals surface area (Å²) < 4.78 is 5.27. The molecule has 2 N–H and O–H groups in total. The number of hydrogen-bond donors (Lipinski definition) is 2. The number of nitrogens with one attached hydrogen (secondary N) is 1. The molecule has 3 aromatic rings. The van der Waals surface area contributed by atoms with E-state index in [1.54, 1.807) is 7.11 Å². The van der Waals surface area contributed by atoms with Crippen molar-refractivity contribution in [2.24, 2.45) is 0 Å². The van der Waals surface area contributed by atoms with Crippen molar-refractivity contribution in [3.8, 4) is 5.75 Å². The minimum absolute atomic E-state index is 0.110. The first-order valence-corrected chi connectivity index (χ1v) is 8.59. The van der Waals surface area contributed by atoms with E-state index in [4.69, 9.17) is 4.74 Å². The van der Waals surface area contributed by atoms with Crippen molar-refractivity contribution >= 4 is 28.0 Å². The van der Waals surface area contributed by atoms with Crippen LogP contribution >= 0.6 is 11.3 Å². The van der Waals surface area contributed by atoms with Crippen LogP contribution in [0.5, 0.6) is 5.75 Å². The van der Waals surface area contributed by atoms with Crippen molar-refractivity contribution in [1.29, 1.82) is 0 Å². The van der Waals surface area contributed by atoms with Gasteiger partial charge in [-0.1, -0.05) is 30.3 Å². The molecule has 0 saturated carbocycles. The zero-order valence-corrected chi connectivity index (χ0v) is 14.2. The number of methoxy groups -OCH3 is 1. The molecule has 4 nitrogen and oxygen atoms in total. The number of thiophene rings is 1. The second kappa shape index (κ2) is 7.47. The summed E-state index contributed by atoms with van der Waals surface area (Å²) in [7, 11) is 1.63. The molecule has 0 fully saturated rings. The first kappa shape index (κ1) is 16.5. The average molecular weight is 341 g/mol. The predicted molar refractivity (Wildman–Crippen MR) is 96.5 cm³/mol. The Morgan fingerprint density at radius 2 is 2.12 bits per heavy atom. The van der Waals surface area contributed by atoms with Crippen LogP contribution in [0.2, 0.25) is 0 Å². The van der Waals surface area contributed by atoms with Gasteiger partial charge in [0.1, 0.15) is 11.9 Å². The third-order valence-electron chi connectivity index (χ3n) is 3.89. The Labute approximate surface area is 144 Å². The van der Waals surface area contributed by atoms with Gasteiger partial charge in [0.25, 0.3) is 0 Å². The van der Waals surface area contributed by atoms with Crippen LogP contribution in [0.25, 0.3) is 10.8 Å². The van der Waals surface area contributed by atoms with E-state index in [1.807, 2.05) is 53.9 Å². The number of aliphatic hydroxyl groups is 1. The lowest BCUT2D eigenvalue weighted by Crippen LogP contribution is -2.29. The number of carbonyl (C=O) groups is 1. The molecule has 5 heteroatoms. The first-order valence-electron chi connectivity index (χ1n) is 7.71. The van der Waals surface area contributed by atoms with E-state index in [0.29, 0.717) is 0 Å². The van der Waals surface area contributed by atoms with Crippen LogP contribution in [0.15, 0.2) is 53.9 Å². The van der Waals surface area contributed by atoms with Crippen molar-refractivity contribution < 1.29 is 14.6 Å². The number of amides is 1. The lowest BCUT2D eigenvalue weighted by Gasteiger charge is -2.12. The van der Waals surface area contributed by atoms with E-state index < -0.39 is 6.10 Å². The molecule has 0 aliphatic rings. The van der Waals surface area contributed by atoms with Crippen molar-refractivity contribution in [2.45, 2.75) is 12.5 Å². The number of carbonyl (C=O) groups excluding carboxylic acids is 1. The van der Waals surface area contributed by atoms with Gasteiger partial charge in [0, 0.05) is 11.4 Å². The summed E-state index contributed by atoms with van der Waals surface area (Å²) in [4.78, 5) is 13.1. The summed E-state index contributed by atoms with van der Waals surface area (Å²) in [5.41, 5.74) is 0.939. The highest BCUT2D eigenvalue weighted by atomic mass is 32.1. The topological polar surface area (TPSA) is 58.6 Å². The first-order chi connectivity index (χ1) is 11.7. The minimum atomic E-state index is -0.665. The number of hydrogen-bond acceptors (Lipinski definition) is 4. The summed E-state index contributed by atoms with van der Waals surface area (Å²) in [5, 5.41) is 16.8. The highest BCUT2D eigenvalue weighted by molar-refractivity contribution is 7.10. The Morgan fingerprint density at radius 1 is 1.25 bits per heavy atom. The molecule has 0 aliphatic heterocycles. The van der Waals surface area contributed by atoms with Crippen molar-refractivity contribution in [1.82, 2.24) is 5.32 Å². The molecule has 1 amide bonds. The molecule has 3 rings (SSSR count). The van der Waals surface area contributed by atoms with Crippen LogP contribution in [0.3, 0.4) is 0 Å². The third kappa shape index (κ3) is 3.75. The maximum atomic E-state index is 12.2. The molecule has 0 spiro atoms. The van der Waals surface area contributed by atoms with Gasteiger partial charge in [-0.2, -0.15) is 0 Å². The maximum Gasteiger partial charge on any atom is 0.224 e. The van der Waals surface area contributed by atoms with Crippen LogP contribution in [0.1, 0.15) is 16.5 Å². The normalized spacial score (nSPS) is 12.1.